The van der Waals surface area contributed by atoms with Gasteiger partial charge in [-0.25, -0.2) is 4.79 Å². The Kier molecular flexibility index (Phi) is 14.5. The molecule has 0 radical (unpaired) electrons. The summed E-state index contributed by atoms with van der Waals surface area (Å²) in [5, 5.41) is 34.8. The van der Waals surface area contributed by atoms with Crippen molar-refractivity contribution in [3.63, 3.8) is 0 Å². The molecular formula is C17H32N4O7S2. The summed E-state index contributed by atoms with van der Waals surface area (Å²) in [5.41, 5.74) is 5.83. The zero-order valence-corrected chi connectivity index (χ0v) is 18.9. The molecule has 0 saturated heterocycles. The quantitative estimate of drug-likeness (QED) is 0.138. The van der Waals surface area contributed by atoms with Crippen LogP contribution in [0.4, 0.5) is 0 Å². The third kappa shape index (κ3) is 10.5. The van der Waals surface area contributed by atoms with E-state index in [0.717, 1.165) is 0 Å². The molecule has 3 amide bonds. The number of nitrogens with one attached hydrogen (secondary N) is 3. The number of aliphatic hydroxyl groups is 2. The second kappa shape index (κ2) is 15.3. The van der Waals surface area contributed by atoms with Gasteiger partial charge >= 0.3 is 5.97 Å². The van der Waals surface area contributed by atoms with Gasteiger partial charge < -0.3 is 37.0 Å². The van der Waals surface area contributed by atoms with Crippen molar-refractivity contribution in [3.8, 4) is 0 Å². The van der Waals surface area contributed by atoms with Crippen molar-refractivity contribution in [2.24, 2.45) is 5.73 Å². The van der Waals surface area contributed by atoms with Gasteiger partial charge in [-0.3, -0.25) is 14.4 Å². The van der Waals surface area contributed by atoms with Crippen LogP contribution in [0.1, 0.15) is 19.8 Å². The largest absolute Gasteiger partial charge is 0.480 e. The number of aliphatic hydroxyl groups excluding tert-OH is 2. The van der Waals surface area contributed by atoms with Gasteiger partial charge in [0.1, 0.15) is 18.1 Å². The Bertz CT molecular complexity index is 580. The first kappa shape index (κ1) is 28.5. The summed E-state index contributed by atoms with van der Waals surface area (Å²) in [7, 11) is 0. The van der Waals surface area contributed by atoms with Crippen LogP contribution in [0, 0.1) is 0 Å². The lowest BCUT2D eigenvalue weighted by Gasteiger charge is -2.26. The lowest BCUT2D eigenvalue weighted by atomic mass is 10.1. The number of carboxylic acid groups (broad SMARTS) is 1. The number of amides is 3. The summed E-state index contributed by atoms with van der Waals surface area (Å²) in [4.78, 5) is 48.3. The highest BCUT2D eigenvalue weighted by Gasteiger charge is 2.32. The summed E-state index contributed by atoms with van der Waals surface area (Å²) in [6, 6.07) is -4.85. The SMILES string of the molecule is CSCCC(N)C(=O)NC(CCSC)C(=O)NC(C(=O)NC(CO)C(=O)O)C(C)O. The van der Waals surface area contributed by atoms with Crippen LogP contribution in [0.2, 0.25) is 0 Å². The van der Waals surface area contributed by atoms with Gasteiger partial charge in [0.2, 0.25) is 17.7 Å². The van der Waals surface area contributed by atoms with Crippen LogP contribution in [-0.2, 0) is 19.2 Å². The predicted molar refractivity (Wildman–Crippen MR) is 116 cm³/mol. The van der Waals surface area contributed by atoms with Crippen LogP contribution in [0.5, 0.6) is 0 Å². The second-order valence-corrected chi connectivity index (χ2v) is 8.51. The zero-order valence-electron chi connectivity index (χ0n) is 17.3. The molecule has 11 nitrogen and oxygen atoms in total. The van der Waals surface area contributed by atoms with Crippen LogP contribution < -0.4 is 21.7 Å². The van der Waals surface area contributed by atoms with Crippen molar-refractivity contribution < 1.29 is 34.5 Å². The highest BCUT2D eigenvalue weighted by Crippen LogP contribution is 2.05. The third-order valence-corrected chi connectivity index (χ3v) is 5.36. The molecule has 174 valence electrons. The number of hydrogen-bond acceptors (Lipinski definition) is 9. The maximum absolute atomic E-state index is 12.7. The maximum atomic E-state index is 12.7. The Labute approximate surface area is 184 Å². The van der Waals surface area contributed by atoms with Gasteiger partial charge in [0.15, 0.2) is 0 Å². The predicted octanol–water partition coefficient (Wildman–Crippen LogP) is -2.27. The normalized spacial score (nSPS) is 15.9. The number of aliphatic carboxylic acids is 1. The van der Waals surface area contributed by atoms with E-state index in [9.17, 15) is 24.3 Å². The Hall–Kier alpha value is -1.54. The van der Waals surface area contributed by atoms with Gasteiger partial charge in [0.05, 0.1) is 18.8 Å². The summed E-state index contributed by atoms with van der Waals surface area (Å²) < 4.78 is 0. The minimum absolute atomic E-state index is 0.260. The van der Waals surface area contributed by atoms with Crippen LogP contribution in [-0.4, -0.2) is 99.9 Å². The first-order chi connectivity index (χ1) is 14.1. The standard InChI is InChI=1S/C17H32N4O7S2/c1-9(23)13(16(26)20-12(8-22)17(27)28)21-15(25)11(5-7-30-3)19-14(24)10(18)4-6-29-2/h9-13,22-23H,4-8,18H2,1-3H3,(H,19,24)(H,20,26)(H,21,25)(H,27,28). The van der Waals surface area contributed by atoms with Crippen LogP contribution in [0.3, 0.4) is 0 Å². The fraction of sp³-hybridized carbons (Fsp3) is 0.765. The smallest absolute Gasteiger partial charge is 0.328 e. The minimum Gasteiger partial charge on any atom is -0.480 e. The number of carbonyl (C=O) groups excluding carboxylic acids is 3. The molecule has 13 heteroatoms. The van der Waals surface area contributed by atoms with E-state index in [1.807, 2.05) is 17.8 Å². The Morgan fingerprint density at radius 1 is 0.900 bits per heavy atom. The lowest BCUT2D eigenvalue weighted by molar-refractivity contribution is -0.144. The Morgan fingerprint density at radius 2 is 1.43 bits per heavy atom. The molecule has 0 aliphatic rings. The molecule has 5 atom stereocenters. The van der Waals surface area contributed by atoms with E-state index in [1.165, 1.54) is 30.4 Å². The Balaban J connectivity index is 5.23. The molecule has 0 aromatic rings. The monoisotopic (exact) mass is 468 g/mol. The summed E-state index contributed by atoms with van der Waals surface area (Å²) >= 11 is 2.99. The summed E-state index contributed by atoms with van der Waals surface area (Å²) in [6.07, 6.45) is 3.04. The van der Waals surface area contributed by atoms with Crippen molar-refractivity contribution in [3.05, 3.63) is 0 Å². The number of nitrogens with two attached hydrogens (primary N) is 1. The molecule has 5 unspecified atom stereocenters. The van der Waals surface area contributed by atoms with Gasteiger partial charge in [-0.1, -0.05) is 0 Å². The lowest BCUT2D eigenvalue weighted by Crippen LogP contribution is -2.60. The fourth-order valence-electron chi connectivity index (χ4n) is 2.27. The molecule has 0 fully saturated rings. The van der Waals surface area contributed by atoms with Crippen LogP contribution >= 0.6 is 23.5 Å². The van der Waals surface area contributed by atoms with Gasteiger partial charge in [0.25, 0.3) is 0 Å². The molecule has 0 saturated carbocycles. The first-order valence-electron chi connectivity index (χ1n) is 9.25. The van der Waals surface area contributed by atoms with Crippen molar-refractivity contribution in [2.75, 3.05) is 30.6 Å². The summed E-state index contributed by atoms with van der Waals surface area (Å²) in [5.74, 6) is -2.45. The average Bonchev–Trinajstić information content (AvgIpc) is 2.69. The van der Waals surface area contributed by atoms with Crippen LogP contribution in [0.25, 0.3) is 0 Å². The zero-order chi connectivity index (χ0) is 23.3. The van der Waals surface area contributed by atoms with E-state index in [1.54, 1.807) is 0 Å². The Morgan fingerprint density at radius 3 is 1.90 bits per heavy atom. The van der Waals surface area contributed by atoms with Gasteiger partial charge in [-0.15, -0.1) is 0 Å². The third-order valence-electron chi connectivity index (χ3n) is 4.07. The minimum atomic E-state index is -1.59. The molecule has 0 spiro atoms. The highest BCUT2D eigenvalue weighted by molar-refractivity contribution is 7.98. The molecule has 0 aliphatic heterocycles. The number of carboxylic acids is 1. The topological polar surface area (TPSA) is 191 Å². The van der Waals surface area contributed by atoms with E-state index in [-0.39, 0.29) is 6.42 Å². The fourth-order valence-corrected chi connectivity index (χ4v) is 3.23. The summed E-state index contributed by atoms with van der Waals surface area (Å²) in [6.45, 7) is 0.384. The van der Waals surface area contributed by atoms with Crippen molar-refractivity contribution in [1.29, 1.82) is 0 Å². The van der Waals surface area contributed by atoms with E-state index >= 15 is 0 Å². The van der Waals surface area contributed by atoms with Crippen LogP contribution in [0.15, 0.2) is 0 Å². The molecule has 0 aromatic heterocycles. The highest BCUT2D eigenvalue weighted by atomic mass is 32.2. The number of carbonyl (C=O) groups is 4. The van der Waals surface area contributed by atoms with Crippen molar-refractivity contribution in [2.45, 2.75) is 50.0 Å². The molecule has 30 heavy (non-hydrogen) atoms. The maximum Gasteiger partial charge on any atom is 0.328 e. The number of rotatable bonds is 15. The van der Waals surface area contributed by atoms with Crippen molar-refractivity contribution in [1.82, 2.24) is 16.0 Å². The molecule has 0 bridgehead atoms. The number of thioether (sulfide) groups is 2. The van der Waals surface area contributed by atoms with Gasteiger partial charge in [-0.05, 0) is 43.8 Å². The molecular weight excluding hydrogens is 436 g/mol. The first-order valence-corrected chi connectivity index (χ1v) is 12.0. The second-order valence-electron chi connectivity index (χ2n) is 6.54. The van der Waals surface area contributed by atoms with E-state index in [4.69, 9.17) is 15.9 Å². The van der Waals surface area contributed by atoms with Gasteiger partial charge in [-0.2, -0.15) is 23.5 Å². The molecule has 0 heterocycles. The van der Waals surface area contributed by atoms with E-state index in [2.05, 4.69) is 10.6 Å². The molecule has 0 aromatic carbocycles. The van der Waals surface area contributed by atoms with Gasteiger partial charge in [0, 0.05) is 0 Å². The molecule has 0 rings (SSSR count). The van der Waals surface area contributed by atoms with Crippen molar-refractivity contribution >= 4 is 47.2 Å². The van der Waals surface area contributed by atoms with E-state index < -0.39 is 60.6 Å². The number of hydrogen-bond donors (Lipinski definition) is 7. The molecule has 8 N–H and O–H groups in total. The average molecular weight is 469 g/mol. The molecule has 0 aliphatic carbocycles. The van der Waals surface area contributed by atoms with E-state index in [0.29, 0.717) is 17.9 Å².